The molecule has 18 heavy (non-hydrogen) atoms. The summed E-state index contributed by atoms with van der Waals surface area (Å²) in [5.41, 5.74) is 1.01. The largest absolute Gasteiger partial charge is 0.388 e. The lowest BCUT2D eigenvalue weighted by Gasteiger charge is -2.31. The summed E-state index contributed by atoms with van der Waals surface area (Å²) in [7, 11) is 0. The lowest BCUT2D eigenvalue weighted by molar-refractivity contribution is 0.0722. The minimum absolute atomic E-state index is 0.315. The molecule has 1 N–H and O–H groups in total. The third-order valence-corrected chi connectivity index (χ3v) is 4.50. The molecule has 0 radical (unpaired) electrons. The summed E-state index contributed by atoms with van der Waals surface area (Å²) in [6.07, 6.45) is 7.21. The van der Waals surface area contributed by atoms with Crippen LogP contribution in [0.5, 0.6) is 0 Å². The van der Waals surface area contributed by atoms with Crippen molar-refractivity contribution in [2.45, 2.75) is 51.6 Å². The minimum atomic E-state index is -0.315. The fourth-order valence-electron chi connectivity index (χ4n) is 3.13. The highest BCUT2D eigenvalue weighted by atomic mass is 35.5. The average Bonchev–Trinajstić information content (AvgIpc) is 2.40. The highest BCUT2D eigenvalue weighted by molar-refractivity contribution is 6.30. The number of aliphatic hydroxyl groups excluding tert-OH is 1. The van der Waals surface area contributed by atoms with Gasteiger partial charge >= 0.3 is 0 Å². The number of hydrogen-bond donors (Lipinski definition) is 1. The molecule has 1 atom stereocenters. The van der Waals surface area contributed by atoms with Gasteiger partial charge in [-0.3, -0.25) is 0 Å². The number of rotatable bonds is 4. The normalized spacial score (nSPS) is 25.9. The van der Waals surface area contributed by atoms with E-state index in [-0.39, 0.29) is 6.10 Å². The number of aliphatic hydroxyl groups is 1. The summed E-state index contributed by atoms with van der Waals surface area (Å²) < 4.78 is 0. The molecule has 1 nitrogen and oxygen atoms in total. The van der Waals surface area contributed by atoms with Crippen LogP contribution >= 0.6 is 11.6 Å². The Balaban J connectivity index is 1.91. The van der Waals surface area contributed by atoms with Crippen molar-refractivity contribution in [2.75, 3.05) is 0 Å². The summed E-state index contributed by atoms with van der Waals surface area (Å²) in [6, 6.07) is 7.63. The fourth-order valence-corrected chi connectivity index (χ4v) is 3.26. The second-order valence-electron chi connectivity index (χ2n) is 5.57. The maximum absolute atomic E-state index is 10.4. The van der Waals surface area contributed by atoms with Gasteiger partial charge in [0.2, 0.25) is 0 Å². The van der Waals surface area contributed by atoms with E-state index in [9.17, 15) is 5.11 Å². The maximum Gasteiger partial charge on any atom is 0.0818 e. The first-order valence-corrected chi connectivity index (χ1v) is 7.52. The van der Waals surface area contributed by atoms with E-state index >= 15 is 0 Å². The van der Waals surface area contributed by atoms with Crippen LogP contribution in [0.3, 0.4) is 0 Å². The van der Waals surface area contributed by atoms with E-state index in [4.69, 9.17) is 11.6 Å². The number of hydrogen-bond acceptors (Lipinski definition) is 1. The van der Waals surface area contributed by atoms with Gasteiger partial charge < -0.3 is 5.11 Å². The third kappa shape index (κ3) is 3.49. The molecule has 2 rings (SSSR count). The first-order chi connectivity index (χ1) is 8.70. The molecule has 1 aromatic rings. The van der Waals surface area contributed by atoms with Crippen LogP contribution in [0.4, 0.5) is 0 Å². The molecule has 0 heterocycles. The second kappa shape index (κ2) is 6.58. The van der Waals surface area contributed by atoms with Gasteiger partial charge in [0.05, 0.1) is 6.10 Å². The number of benzene rings is 1. The highest BCUT2D eigenvalue weighted by Gasteiger charge is 2.26. The Morgan fingerprint density at radius 1 is 1.17 bits per heavy atom. The van der Waals surface area contributed by atoms with Gasteiger partial charge in [0.15, 0.2) is 0 Å². The molecular weight excluding hydrogens is 244 g/mol. The monoisotopic (exact) mass is 266 g/mol. The summed E-state index contributed by atoms with van der Waals surface area (Å²) in [5.74, 6) is 1.32. The van der Waals surface area contributed by atoms with Gasteiger partial charge in [-0.2, -0.15) is 0 Å². The van der Waals surface area contributed by atoms with Gasteiger partial charge in [-0.05, 0) is 42.4 Å². The van der Waals surface area contributed by atoms with Crippen LogP contribution in [0.2, 0.25) is 5.02 Å². The van der Waals surface area contributed by atoms with E-state index in [1.807, 2.05) is 24.3 Å². The number of halogens is 1. The predicted molar refractivity (Wildman–Crippen MR) is 76.8 cm³/mol. The molecule has 100 valence electrons. The van der Waals surface area contributed by atoms with Gasteiger partial charge in [-0.25, -0.2) is 0 Å². The quantitative estimate of drug-likeness (QED) is 0.815. The van der Waals surface area contributed by atoms with Gasteiger partial charge in [0.1, 0.15) is 0 Å². The fraction of sp³-hybridized carbons (Fsp3) is 0.625. The topological polar surface area (TPSA) is 20.2 Å². The minimum Gasteiger partial charge on any atom is -0.388 e. The molecule has 0 bridgehead atoms. The van der Waals surface area contributed by atoms with Gasteiger partial charge in [-0.1, -0.05) is 56.3 Å². The molecule has 1 aliphatic carbocycles. The molecule has 1 aliphatic rings. The first-order valence-electron chi connectivity index (χ1n) is 7.14. The van der Waals surface area contributed by atoms with E-state index in [2.05, 4.69) is 6.92 Å². The lowest BCUT2D eigenvalue weighted by Crippen LogP contribution is -2.20. The van der Waals surface area contributed by atoms with E-state index in [1.165, 1.54) is 25.7 Å². The molecule has 0 aromatic heterocycles. The summed E-state index contributed by atoms with van der Waals surface area (Å²) in [6.45, 7) is 2.26. The van der Waals surface area contributed by atoms with Gasteiger partial charge in [0, 0.05) is 5.02 Å². The Morgan fingerprint density at radius 2 is 1.78 bits per heavy atom. The molecule has 1 saturated carbocycles. The third-order valence-electron chi connectivity index (χ3n) is 4.25. The lowest BCUT2D eigenvalue weighted by atomic mass is 9.76. The van der Waals surface area contributed by atoms with Crippen LogP contribution in [0.1, 0.15) is 57.1 Å². The molecule has 1 unspecified atom stereocenters. The highest BCUT2D eigenvalue weighted by Crippen LogP contribution is 2.38. The van der Waals surface area contributed by atoms with Gasteiger partial charge in [0.25, 0.3) is 0 Å². The summed E-state index contributed by atoms with van der Waals surface area (Å²) in [4.78, 5) is 0. The molecule has 0 spiro atoms. The van der Waals surface area contributed by atoms with Crippen LogP contribution in [-0.2, 0) is 0 Å². The zero-order valence-corrected chi connectivity index (χ0v) is 11.9. The maximum atomic E-state index is 10.4. The summed E-state index contributed by atoms with van der Waals surface area (Å²) in [5, 5.41) is 11.1. The Labute approximate surface area is 115 Å². The first kappa shape index (κ1) is 13.9. The van der Waals surface area contributed by atoms with Crippen molar-refractivity contribution in [3.63, 3.8) is 0 Å². The molecule has 0 amide bonds. The molecular formula is C16H23ClO. The van der Waals surface area contributed by atoms with Crippen molar-refractivity contribution in [1.29, 1.82) is 0 Å². The average molecular weight is 267 g/mol. The van der Waals surface area contributed by atoms with E-state index < -0.39 is 0 Å². The van der Waals surface area contributed by atoms with Crippen molar-refractivity contribution < 1.29 is 5.11 Å². The molecule has 0 saturated heterocycles. The van der Waals surface area contributed by atoms with Gasteiger partial charge in [-0.15, -0.1) is 0 Å². The van der Waals surface area contributed by atoms with Crippen LogP contribution in [0.25, 0.3) is 0 Å². The Hall–Kier alpha value is -0.530. The zero-order chi connectivity index (χ0) is 13.0. The molecule has 1 aromatic carbocycles. The predicted octanol–water partition coefficient (Wildman–Crippen LogP) is 4.98. The Kier molecular flexibility index (Phi) is 5.08. The standard InChI is InChI=1S/C16H23ClO/c1-2-3-12-4-6-13(7-5-12)16(18)14-8-10-15(17)11-9-14/h8-13,16,18H,2-7H2,1H3. The van der Waals surface area contributed by atoms with Crippen LogP contribution < -0.4 is 0 Å². The smallest absolute Gasteiger partial charge is 0.0818 e. The SMILES string of the molecule is CCCC1CCC(C(O)c2ccc(Cl)cc2)CC1. The molecule has 2 heteroatoms. The molecule has 0 aliphatic heterocycles. The van der Waals surface area contributed by atoms with Crippen molar-refractivity contribution in [3.05, 3.63) is 34.9 Å². The Bertz CT molecular complexity index is 352. The van der Waals surface area contributed by atoms with E-state index in [0.29, 0.717) is 5.92 Å². The summed E-state index contributed by atoms with van der Waals surface area (Å²) >= 11 is 5.87. The Morgan fingerprint density at radius 3 is 2.33 bits per heavy atom. The van der Waals surface area contributed by atoms with Crippen molar-refractivity contribution >= 4 is 11.6 Å². The van der Waals surface area contributed by atoms with Crippen molar-refractivity contribution in [1.82, 2.24) is 0 Å². The van der Waals surface area contributed by atoms with E-state index in [0.717, 1.165) is 29.3 Å². The van der Waals surface area contributed by atoms with Crippen LogP contribution in [0.15, 0.2) is 24.3 Å². The zero-order valence-electron chi connectivity index (χ0n) is 11.1. The van der Waals surface area contributed by atoms with Crippen molar-refractivity contribution in [2.24, 2.45) is 11.8 Å². The van der Waals surface area contributed by atoms with E-state index in [1.54, 1.807) is 0 Å². The molecule has 1 fully saturated rings. The van der Waals surface area contributed by atoms with Crippen LogP contribution in [0, 0.1) is 11.8 Å². The van der Waals surface area contributed by atoms with Crippen molar-refractivity contribution in [3.8, 4) is 0 Å². The van der Waals surface area contributed by atoms with Crippen LogP contribution in [-0.4, -0.2) is 5.11 Å². The second-order valence-corrected chi connectivity index (χ2v) is 6.00.